The minimum atomic E-state index is -4.13. The SMILES string of the molecule is CC(C)c1ccc(C(N)CCC(F)(F)F)cc1. The Morgan fingerprint density at radius 3 is 1.94 bits per heavy atom. The average Bonchev–Trinajstić information content (AvgIpc) is 2.25. The highest BCUT2D eigenvalue weighted by Crippen LogP contribution is 2.27. The maximum absolute atomic E-state index is 12.0. The van der Waals surface area contributed by atoms with Gasteiger partial charge in [-0.2, -0.15) is 13.2 Å². The first-order valence-corrected chi connectivity index (χ1v) is 5.72. The van der Waals surface area contributed by atoms with Crippen LogP contribution in [0.1, 0.15) is 49.8 Å². The second-order valence-corrected chi connectivity index (χ2v) is 4.58. The summed E-state index contributed by atoms with van der Waals surface area (Å²) in [5.74, 6) is 0.412. The summed E-state index contributed by atoms with van der Waals surface area (Å²) in [5.41, 5.74) is 7.65. The van der Waals surface area contributed by atoms with E-state index in [9.17, 15) is 13.2 Å². The molecule has 0 saturated carbocycles. The summed E-state index contributed by atoms with van der Waals surface area (Å²) in [6.07, 6.45) is -5.03. The molecule has 4 heteroatoms. The molecule has 0 aliphatic rings. The molecule has 0 heterocycles. The number of benzene rings is 1. The van der Waals surface area contributed by atoms with Gasteiger partial charge < -0.3 is 5.73 Å². The van der Waals surface area contributed by atoms with E-state index in [-0.39, 0.29) is 6.42 Å². The molecule has 0 aliphatic heterocycles. The number of nitrogens with two attached hydrogens (primary N) is 1. The van der Waals surface area contributed by atoms with Crippen molar-refractivity contribution in [3.05, 3.63) is 35.4 Å². The highest BCUT2D eigenvalue weighted by Gasteiger charge is 2.27. The molecule has 0 radical (unpaired) electrons. The molecule has 1 nitrogen and oxygen atoms in total. The van der Waals surface area contributed by atoms with Crippen LogP contribution in [0.25, 0.3) is 0 Å². The van der Waals surface area contributed by atoms with Gasteiger partial charge in [-0.3, -0.25) is 0 Å². The van der Waals surface area contributed by atoms with Crippen LogP contribution in [0.4, 0.5) is 13.2 Å². The van der Waals surface area contributed by atoms with Crippen molar-refractivity contribution in [1.82, 2.24) is 0 Å². The van der Waals surface area contributed by atoms with Crippen LogP contribution in [0.3, 0.4) is 0 Å². The van der Waals surface area contributed by atoms with Crippen LogP contribution >= 0.6 is 0 Å². The van der Waals surface area contributed by atoms with Gasteiger partial charge in [0.25, 0.3) is 0 Å². The molecule has 0 aliphatic carbocycles. The summed E-state index contributed by atoms with van der Waals surface area (Å²) >= 11 is 0. The van der Waals surface area contributed by atoms with Gasteiger partial charge in [-0.05, 0) is 23.5 Å². The summed E-state index contributed by atoms with van der Waals surface area (Å²) in [5, 5.41) is 0. The van der Waals surface area contributed by atoms with E-state index >= 15 is 0 Å². The predicted octanol–water partition coefficient (Wildman–Crippen LogP) is 4.15. The van der Waals surface area contributed by atoms with Crippen LogP contribution in [0.15, 0.2) is 24.3 Å². The molecular weight excluding hydrogens is 227 g/mol. The van der Waals surface area contributed by atoms with E-state index in [1.165, 1.54) is 0 Å². The molecule has 1 aromatic rings. The van der Waals surface area contributed by atoms with E-state index in [1.54, 1.807) is 0 Å². The van der Waals surface area contributed by atoms with E-state index in [1.807, 2.05) is 24.3 Å². The van der Waals surface area contributed by atoms with Crippen LogP contribution in [0.5, 0.6) is 0 Å². The number of hydrogen-bond donors (Lipinski definition) is 1. The maximum atomic E-state index is 12.0. The predicted molar refractivity (Wildman–Crippen MR) is 62.7 cm³/mol. The van der Waals surface area contributed by atoms with E-state index < -0.39 is 18.6 Å². The maximum Gasteiger partial charge on any atom is 0.389 e. The molecule has 0 fully saturated rings. The van der Waals surface area contributed by atoms with Gasteiger partial charge in [0.1, 0.15) is 0 Å². The molecular formula is C13H18F3N. The summed E-state index contributed by atoms with van der Waals surface area (Å²) in [6.45, 7) is 4.14. The van der Waals surface area contributed by atoms with Gasteiger partial charge in [0, 0.05) is 12.5 Å². The van der Waals surface area contributed by atoms with Gasteiger partial charge in [0.05, 0.1) is 0 Å². The molecule has 1 rings (SSSR count). The van der Waals surface area contributed by atoms with Crippen LogP contribution in [-0.4, -0.2) is 6.18 Å². The largest absolute Gasteiger partial charge is 0.389 e. The lowest BCUT2D eigenvalue weighted by molar-refractivity contribution is -0.136. The Kier molecular flexibility index (Phi) is 4.57. The standard InChI is InChI=1S/C13H18F3N/c1-9(2)10-3-5-11(6-4-10)12(17)7-8-13(14,15)16/h3-6,9,12H,7-8,17H2,1-2H3. The molecule has 0 spiro atoms. The van der Waals surface area contributed by atoms with Crippen molar-refractivity contribution in [1.29, 1.82) is 0 Å². The normalized spacial score (nSPS) is 14.1. The fraction of sp³-hybridized carbons (Fsp3) is 0.538. The zero-order valence-corrected chi connectivity index (χ0v) is 10.1. The molecule has 0 bridgehead atoms. The Labute approximate surface area is 99.8 Å². The lowest BCUT2D eigenvalue weighted by Gasteiger charge is -2.14. The van der Waals surface area contributed by atoms with Gasteiger partial charge in [-0.25, -0.2) is 0 Å². The quantitative estimate of drug-likeness (QED) is 0.847. The summed E-state index contributed by atoms with van der Waals surface area (Å²) in [7, 11) is 0. The number of hydrogen-bond acceptors (Lipinski definition) is 1. The minimum absolute atomic E-state index is 0.0650. The van der Waals surface area contributed by atoms with Crippen molar-refractivity contribution < 1.29 is 13.2 Å². The third-order valence-corrected chi connectivity index (χ3v) is 2.77. The van der Waals surface area contributed by atoms with Crippen molar-refractivity contribution in [2.24, 2.45) is 5.73 Å². The molecule has 0 amide bonds. The topological polar surface area (TPSA) is 26.0 Å². The Morgan fingerprint density at radius 1 is 1.06 bits per heavy atom. The van der Waals surface area contributed by atoms with Crippen molar-refractivity contribution in [2.75, 3.05) is 0 Å². The van der Waals surface area contributed by atoms with Gasteiger partial charge in [0.15, 0.2) is 0 Å². The Balaban J connectivity index is 2.60. The monoisotopic (exact) mass is 245 g/mol. The summed E-state index contributed by atoms with van der Waals surface area (Å²) in [4.78, 5) is 0. The summed E-state index contributed by atoms with van der Waals surface area (Å²) in [6, 6.07) is 6.94. The zero-order chi connectivity index (χ0) is 13.1. The molecule has 0 saturated heterocycles. The second-order valence-electron chi connectivity index (χ2n) is 4.58. The van der Waals surface area contributed by atoms with E-state index in [0.29, 0.717) is 5.92 Å². The second kappa shape index (κ2) is 5.54. The molecule has 2 N–H and O–H groups in total. The van der Waals surface area contributed by atoms with Gasteiger partial charge in [0.2, 0.25) is 0 Å². The molecule has 1 aromatic carbocycles. The fourth-order valence-corrected chi connectivity index (χ4v) is 1.61. The van der Waals surface area contributed by atoms with Gasteiger partial charge in [-0.15, -0.1) is 0 Å². The van der Waals surface area contributed by atoms with Gasteiger partial charge >= 0.3 is 6.18 Å². The van der Waals surface area contributed by atoms with Crippen LogP contribution in [-0.2, 0) is 0 Å². The first-order chi connectivity index (χ1) is 7.79. The Bertz CT molecular complexity index is 341. The van der Waals surface area contributed by atoms with Crippen LogP contribution < -0.4 is 5.73 Å². The lowest BCUT2D eigenvalue weighted by atomic mass is 9.97. The highest BCUT2D eigenvalue weighted by atomic mass is 19.4. The molecule has 0 aromatic heterocycles. The van der Waals surface area contributed by atoms with E-state index in [0.717, 1.165) is 11.1 Å². The van der Waals surface area contributed by atoms with Crippen molar-refractivity contribution >= 4 is 0 Å². The van der Waals surface area contributed by atoms with Crippen molar-refractivity contribution in [3.63, 3.8) is 0 Å². The van der Waals surface area contributed by atoms with E-state index in [4.69, 9.17) is 5.73 Å². The van der Waals surface area contributed by atoms with Crippen molar-refractivity contribution in [3.8, 4) is 0 Å². The third-order valence-electron chi connectivity index (χ3n) is 2.77. The number of rotatable bonds is 4. The summed E-state index contributed by atoms with van der Waals surface area (Å²) < 4.78 is 36.1. The average molecular weight is 245 g/mol. The smallest absolute Gasteiger partial charge is 0.324 e. The molecule has 1 unspecified atom stereocenters. The zero-order valence-electron chi connectivity index (χ0n) is 10.1. The number of halogens is 3. The Morgan fingerprint density at radius 2 is 1.53 bits per heavy atom. The Hall–Kier alpha value is -1.03. The fourth-order valence-electron chi connectivity index (χ4n) is 1.61. The first-order valence-electron chi connectivity index (χ1n) is 5.72. The van der Waals surface area contributed by atoms with E-state index in [2.05, 4.69) is 13.8 Å². The number of alkyl halides is 3. The highest BCUT2D eigenvalue weighted by molar-refractivity contribution is 5.26. The molecule has 17 heavy (non-hydrogen) atoms. The first kappa shape index (κ1) is 14.0. The molecule has 96 valence electrons. The lowest BCUT2D eigenvalue weighted by Crippen LogP contribution is -2.15. The van der Waals surface area contributed by atoms with Crippen LogP contribution in [0, 0.1) is 0 Å². The van der Waals surface area contributed by atoms with Crippen molar-refractivity contribution in [2.45, 2.75) is 44.8 Å². The molecule has 1 atom stereocenters. The van der Waals surface area contributed by atoms with Crippen LogP contribution in [0.2, 0.25) is 0 Å². The third kappa shape index (κ3) is 4.77. The minimum Gasteiger partial charge on any atom is -0.324 e. The van der Waals surface area contributed by atoms with Gasteiger partial charge in [-0.1, -0.05) is 38.1 Å².